The van der Waals surface area contributed by atoms with Crippen LogP contribution < -0.4 is 10.1 Å². The highest BCUT2D eigenvalue weighted by molar-refractivity contribution is 6.00. The summed E-state index contributed by atoms with van der Waals surface area (Å²) in [6, 6.07) is 11.3. The first kappa shape index (κ1) is 22.0. The normalized spacial score (nSPS) is 11.1. The molecule has 0 aromatic heterocycles. The van der Waals surface area contributed by atoms with E-state index in [1.807, 2.05) is 0 Å². The summed E-state index contributed by atoms with van der Waals surface area (Å²) in [6.45, 7) is 1.81. The lowest BCUT2D eigenvalue weighted by atomic mass is 9.95. The Morgan fingerprint density at radius 2 is 1.66 bits per heavy atom. The van der Waals surface area contributed by atoms with Crippen molar-refractivity contribution in [3.8, 4) is 5.75 Å². The number of halogens is 2. The van der Waals surface area contributed by atoms with E-state index in [2.05, 4.69) is 10.1 Å². The lowest BCUT2D eigenvalue weighted by molar-refractivity contribution is -0.123. The van der Waals surface area contributed by atoms with Gasteiger partial charge in [-0.1, -0.05) is 26.8 Å². The number of hydrogen-bond acceptors (Lipinski definition) is 5. The summed E-state index contributed by atoms with van der Waals surface area (Å²) in [5, 5.41) is 2.74. The third kappa shape index (κ3) is 6.67. The molecule has 0 saturated carbocycles. The van der Waals surface area contributed by atoms with Crippen LogP contribution in [0.15, 0.2) is 48.5 Å². The molecule has 0 spiro atoms. The first-order valence-corrected chi connectivity index (χ1v) is 8.73. The number of anilines is 1. The Morgan fingerprint density at radius 3 is 2.24 bits per heavy atom. The predicted octanol–water partition coefficient (Wildman–Crippen LogP) is 4.31. The van der Waals surface area contributed by atoms with Crippen molar-refractivity contribution in [1.29, 1.82) is 0 Å². The van der Waals surface area contributed by atoms with Crippen LogP contribution in [0.4, 0.5) is 14.5 Å². The fourth-order valence-electron chi connectivity index (χ4n) is 2.16. The summed E-state index contributed by atoms with van der Waals surface area (Å²) < 4.78 is 33.7. The second-order valence-electron chi connectivity index (χ2n) is 7.19. The van der Waals surface area contributed by atoms with E-state index in [1.165, 1.54) is 30.3 Å². The van der Waals surface area contributed by atoms with Crippen molar-refractivity contribution in [3.05, 3.63) is 59.7 Å². The first-order valence-electron chi connectivity index (χ1n) is 8.73. The zero-order valence-corrected chi connectivity index (χ0v) is 16.2. The van der Waals surface area contributed by atoms with Crippen LogP contribution in [-0.2, 0) is 9.53 Å². The zero-order chi connectivity index (χ0) is 21.6. The molecule has 1 N–H and O–H groups in total. The molecule has 0 aliphatic carbocycles. The minimum atomic E-state index is -3.01. The molecule has 154 valence electrons. The SMILES string of the molecule is CC(C)(C)C(=O)Nc1ccc(C(=O)COC(=O)c2cccc(OC(F)F)c2)cc1. The standard InChI is InChI=1S/C21H21F2NO5/c1-21(2,3)19(27)24-15-9-7-13(8-10-15)17(25)12-28-18(26)14-5-4-6-16(11-14)29-20(22)23/h4-11,20H,12H2,1-3H3,(H,24,27). The van der Waals surface area contributed by atoms with E-state index in [0.29, 0.717) is 11.3 Å². The molecule has 8 heteroatoms. The topological polar surface area (TPSA) is 81.7 Å². The fourth-order valence-corrected chi connectivity index (χ4v) is 2.16. The van der Waals surface area contributed by atoms with Crippen molar-refractivity contribution in [1.82, 2.24) is 0 Å². The molecule has 2 rings (SSSR count). The minimum absolute atomic E-state index is 0.0174. The molecular formula is C21H21F2NO5. The summed E-state index contributed by atoms with van der Waals surface area (Å²) in [4.78, 5) is 36.2. The van der Waals surface area contributed by atoms with Gasteiger partial charge in [0, 0.05) is 16.7 Å². The van der Waals surface area contributed by atoms with Gasteiger partial charge in [0.1, 0.15) is 5.75 Å². The van der Waals surface area contributed by atoms with Crippen LogP contribution >= 0.6 is 0 Å². The number of ether oxygens (including phenoxy) is 2. The number of nitrogens with one attached hydrogen (secondary N) is 1. The Kier molecular flexibility index (Phi) is 7.03. The molecule has 0 unspecified atom stereocenters. The van der Waals surface area contributed by atoms with Crippen molar-refractivity contribution in [3.63, 3.8) is 0 Å². The summed E-state index contributed by atoms with van der Waals surface area (Å²) in [7, 11) is 0. The van der Waals surface area contributed by atoms with Gasteiger partial charge >= 0.3 is 12.6 Å². The number of carbonyl (C=O) groups excluding carboxylic acids is 3. The number of Topliss-reactive ketones (excluding diaryl/α,β-unsaturated/α-hetero) is 1. The Balaban J connectivity index is 1.93. The zero-order valence-electron chi connectivity index (χ0n) is 16.2. The van der Waals surface area contributed by atoms with Gasteiger partial charge in [0.15, 0.2) is 12.4 Å². The fraction of sp³-hybridized carbons (Fsp3) is 0.286. The molecule has 29 heavy (non-hydrogen) atoms. The predicted molar refractivity (Wildman–Crippen MR) is 102 cm³/mol. The second-order valence-corrected chi connectivity index (χ2v) is 7.19. The van der Waals surface area contributed by atoms with Crippen LogP contribution in [0.5, 0.6) is 5.75 Å². The Morgan fingerprint density at radius 1 is 1.00 bits per heavy atom. The van der Waals surface area contributed by atoms with Gasteiger partial charge < -0.3 is 14.8 Å². The highest BCUT2D eigenvalue weighted by Crippen LogP contribution is 2.19. The van der Waals surface area contributed by atoms with Crippen LogP contribution in [-0.4, -0.2) is 30.9 Å². The quantitative estimate of drug-likeness (QED) is 0.548. The summed E-state index contributed by atoms with van der Waals surface area (Å²) in [6.07, 6.45) is 0. The van der Waals surface area contributed by atoms with E-state index in [0.717, 1.165) is 6.07 Å². The Labute approximate surface area is 166 Å². The highest BCUT2D eigenvalue weighted by atomic mass is 19.3. The van der Waals surface area contributed by atoms with Crippen LogP contribution in [0.3, 0.4) is 0 Å². The summed E-state index contributed by atoms with van der Waals surface area (Å²) in [5.41, 5.74) is 0.257. The molecule has 1 amide bonds. The van der Waals surface area contributed by atoms with E-state index >= 15 is 0 Å². The maximum Gasteiger partial charge on any atom is 0.387 e. The number of benzene rings is 2. The van der Waals surface area contributed by atoms with E-state index < -0.39 is 30.4 Å². The third-order valence-electron chi connectivity index (χ3n) is 3.78. The van der Waals surface area contributed by atoms with E-state index in [1.54, 1.807) is 32.9 Å². The lowest BCUT2D eigenvalue weighted by Crippen LogP contribution is -2.27. The van der Waals surface area contributed by atoms with Gasteiger partial charge in [-0.25, -0.2) is 4.79 Å². The molecule has 0 aliphatic rings. The number of carbonyl (C=O) groups is 3. The van der Waals surface area contributed by atoms with Crippen LogP contribution in [0.25, 0.3) is 0 Å². The Bertz CT molecular complexity index is 889. The second kappa shape index (κ2) is 9.27. The molecule has 0 atom stereocenters. The van der Waals surface area contributed by atoms with Crippen molar-refractivity contribution >= 4 is 23.3 Å². The summed E-state index contributed by atoms with van der Waals surface area (Å²) >= 11 is 0. The van der Waals surface area contributed by atoms with Crippen LogP contribution in [0, 0.1) is 5.41 Å². The lowest BCUT2D eigenvalue weighted by Gasteiger charge is -2.17. The minimum Gasteiger partial charge on any atom is -0.454 e. The molecule has 0 saturated heterocycles. The molecule has 0 radical (unpaired) electrons. The van der Waals surface area contributed by atoms with Gasteiger partial charge in [0.2, 0.25) is 5.91 Å². The van der Waals surface area contributed by atoms with E-state index in [9.17, 15) is 23.2 Å². The maximum atomic E-state index is 12.2. The summed E-state index contributed by atoms with van der Waals surface area (Å²) in [5.74, 6) is -1.64. The van der Waals surface area contributed by atoms with Crippen molar-refractivity contribution < 1.29 is 32.6 Å². The van der Waals surface area contributed by atoms with Gasteiger partial charge in [0.25, 0.3) is 0 Å². The van der Waals surface area contributed by atoms with E-state index in [4.69, 9.17) is 4.74 Å². The average Bonchev–Trinajstić information content (AvgIpc) is 2.65. The van der Waals surface area contributed by atoms with Gasteiger partial charge in [-0.2, -0.15) is 8.78 Å². The molecule has 0 fully saturated rings. The van der Waals surface area contributed by atoms with Crippen molar-refractivity contribution in [2.75, 3.05) is 11.9 Å². The van der Waals surface area contributed by atoms with Gasteiger partial charge in [-0.3, -0.25) is 9.59 Å². The maximum absolute atomic E-state index is 12.2. The smallest absolute Gasteiger partial charge is 0.387 e. The molecule has 0 aliphatic heterocycles. The molecule has 6 nitrogen and oxygen atoms in total. The van der Waals surface area contributed by atoms with Gasteiger partial charge in [-0.05, 0) is 42.5 Å². The van der Waals surface area contributed by atoms with Gasteiger partial charge in [-0.15, -0.1) is 0 Å². The van der Waals surface area contributed by atoms with Crippen LogP contribution in [0.2, 0.25) is 0 Å². The molecule has 2 aromatic carbocycles. The number of alkyl halides is 2. The molecular weight excluding hydrogens is 384 g/mol. The Hall–Kier alpha value is -3.29. The van der Waals surface area contributed by atoms with Crippen molar-refractivity contribution in [2.24, 2.45) is 5.41 Å². The van der Waals surface area contributed by atoms with Crippen LogP contribution in [0.1, 0.15) is 41.5 Å². The number of rotatable bonds is 7. The molecule has 0 bridgehead atoms. The number of esters is 1. The van der Waals surface area contributed by atoms with E-state index in [-0.39, 0.29) is 17.2 Å². The largest absolute Gasteiger partial charge is 0.454 e. The van der Waals surface area contributed by atoms with Gasteiger partial charge in [0.05, 0.1) is 5.56 Å². The molecule has 0 heterocycles. The number of hydrogen-bond donors (Lipinski definition) is 1. The number of amides is 1. The monoisotopic (exact) mass is 405 g/mol. The molecule has 2 aromatic rings. The average molecular weight is 405 g/mol. The highest BCUT2D eigenvalue weighted by Gasteiger charge is 2.21. The number of ketones is 1. The first-order chi connectivity index (χ1) is 13.6. The van der Waals surface area contributed by atoms with Crippen molar-refractivity contribution in [2.45, 2.75) is 27.4 Å². The third-order valence-corrected chi connectivity index (χ3v) is 3.78.